The summed E-state index contributed by atoms with van der Waals surface area (Å²) in [6.07, 6.45) is 3.44. The Morgan fingerprint density at radius 2 is 1.78 bits per heavy atom. The van der Waals surface area contributed by atoms with Crippen LogP contribution in [0.25, 0.3) is 10.9 Å². The Hall–Kier alpha value is -3.26. The molecule has 2 N–H and O–H groups in total. The van der Waals surface area contributed by atoms with Crippen molar-refractivity contribution in [2.45, 2.75) is 19.3 Å². The number of hydrogen-bond donors (Lipinski definition) is 2. The Bertz CT molecular complexity index is 1150. The van der Waals surface area contributed by atoms with Crippen LogP contribution in [0.5, 0.6) is 11.5 Å². The van der Waals surface area contributed by atoms with Crippen LogP contribution < -0.4 is 25.0 Å². The lowest BCUT2D eigenvalue weighted by molar-refractivity contribution is 0.262. The molecular formula is C23H24ClFN4O3. The molecule has 0 aliphatic carbocycles. The maximum Gasteiger partial charge on any atom is 0.323 e. The lowest BCUT2D eigenvalue weighted by Gasteiger charge is -2.27. The highest BCUT2D eigenvalue weighted by Gasteiger charge is 2.16. The number of hydrogen-bond acceptors (Lipinski definition) is 5. The molecule has 1 aliphatic rings. The number of piperidine rings is 1. The molecule has 1 fully saturated rings. The monoisotopic (exact) mass is 458 g/mol. The van der Waals surface area contributed by atoms with E-state index in [1.807, 2.05) is 12.1 Å². The summed E-state index contributed by atoms with van der Waals surface area (Å²) in [6.45, 7) is 1.86. The maximum absolute atomic E-state index is 14.8. The zero-order valence-corrected chi connectivity index (χ0v) is 18.6. The van der Waals surface area contributed by atoms with E-state index in [1.165, 1.54) is 32.8 Å². The Labute approximate surface area is 190 Å². The number of carbonyl (C=O) groups is 1. The van der Waals surface area contributed by atoms with E-state index in [0.717, 1.165) is 31.7 Å². The predicted molar refractivity (Wildman–Crippen MR) is 125 cm³/mol. The lowest BCUT2D eigenvalue weighted by atomic mass is 10.1. The van der Waals surface area contributed by atoms with Crippen molar-refractivity contribution in [2.75, 3.05) is 42.8 Å². The number of pyridine rings is 1. The minimum absolute atomic E-state index is 0.280. The fraction of sp³-hybridized carbons (Fsp3) is 0.304. The molecular weight excluding hydrogens is 435 g/mol. The second kappa shape index (κ2) is 9.48. The van der Waals surface area contributed by atoms with E-state index < -0.39 is 11.8 Å². The molecule has 0 radical (unpaired) electrons. The number of anilines is 3. The molecule has 0 bridgehead atoms. The van der Waals surface area contributed by atoms with Gasteiger partial charge in [-0.1, -0.05) is 11.6 Å². The van der Waals surface area contributed by atoms with Crippen LogP contribution in [0.1, 0.15) is 19.3 Å². The molecule has 7 nitrogen and oxygen atoms in total. The summed E-state index contributed by atoms with van der Waals surface area (Å²) >= 11 is 6.14. The third kappa shape index (κ3) is 4.65. The SMILES string of the molecule is COc1cc(OC)c(NC(=O)Nc2cc(F)c3nc(N4CCCCC4)ccc3c2)cc1Cl. The molecule has 1 saturated heterocycles. The standard InChI is InChI=1S/C23H24ClFN4O3/c1-31-19-13-20(32-2)18(12-16(19)24)27-23(30)26-15-10-14-6-7-21(28-22(14)17(25)11-15)29-8-4-3-5-9-29/h6-7,10-13H,3-5,8-9H2,1-2H3,(H2,26,27,30). The van der Waals surface area contributed by atoms with Gasteiger partial charge in [0.2, 0.25) is 0 Å². The highest BCUT2D eigenvalue weighted by Crippen LogP contribution is 2.36. The van der Waals surface area contributed by atoms with Crippen LogP contribution in [0.2, 0.25) is 5.02 Å². The molecule has 0 atom stereocenters. The van der Waals surface area contributed by atoms with Gasteiger partial charge in [0.15, 0.2) is 5.82 Å². The first kappa shape index (κ1) is 22.0. The summed E-state index contributed by atoms with van der Waals surface area (Å²) in [5, 5.41) is 6.22. The van der Waals surface area contributed by atoms with Crippen molar-refractivity contribution in [2.24, 2.45) is 0 Å². The van der Waals surface area contributed by atoms with Crippen LogP contribution in [-0.2, 0) is 0 Å². The van der Waals surface area contributed by atoms with Crippen LogP contribution in [-0.4, -0.2) is 38.3 Å². The van der Waals surface area contributed by atoms with Crippen LogP contribution in [0, 0.1) is 5.82 Å². The maximum atomic E-state index is 14.8. The number of amides is 2. The van der Waals surface area contributed by atoms with Gasteiger partial charge in [0, 0.05) is 30.2 Å². The minimum atomic E-state index is -0.568. The third-order valence-electron chi connectivity index (χ3n) is 5.39. The van der Waals surface area contributed by atoms with Gasteiger partial charge in [-0.15, -0.1) is 0 Å². The molecule has 2 amide bonds. The van der Waals surface area contributed by atoms with Gasteiger partial charge in [-0.05, 0) is 49.6 Å². The molecule has 4 rings (SSSR count). The number of benzene rings is 2. The van der Waals surface area contributed by atoms with Crippen LogP contribution in [0.4, 0.5) is 26.4 Å². The van der Waals surface area contributed by atoms with Crippen LogP contribution >= 0.6 is 11.6 Å². The summed E-state index contributed by atoms with van der Waals surface area (Å²) < 4.78 is 25.3. The number of urea groups is 1. The van der Waals surface area contributed by atoms with Gasteiger partial charge in [-0.25, -0.2) is 14.2 Å². The fourth-order valence-corrected chi connectivity index (χ4v) is 4.04. The van der Waals surface area contributed by atoms with E-state index in [4.69, 9.17) is 21.1 Å². The summed E-state index contributed by atoms with van der Waals surface area (Å²) in [5.41, 5.74) is 0.936. The van der Waals surface area contributed by atoms with Crippen molar-refractivity contribution in [1.82, 2.24) is 4.98 Å². The Balaban J connectivity index is 1.53. The summed E-state index contributed by atoms with van der Waals surface area (Å²) in [7, 11) is 2.95. The summed E-state index contributed by atoms with van der Waals surface area (Å²) in [5.74, 6) is 1.07. The van der Waals surface area contributed by atoms with Crippen molar-refractivity contribution in [3.05, 3.63) is 47.2 Å². The smallest absolute Gasteiger partial charge is 0.323 e. The first-order valence-electron chi connectivity index (χ1n) is 10.3. The number of nitrogens with one attached hydrogen (secondary N) is 2. The second-order valence-electron chi connectivity index (χ2n) is 7.51. The highest BCUT2D eigenvalue weighted by atomic mass is 35.5. The number of fused-ring (bicyclic) bond motifs is 1. The van der Waals surface area contributed by atoms with Gasteiger partial charge in [0.25, 0.3) is 0 Å². The fourth-order valence-electron chi connectivity index (χ4n) is 3.80. The third-order valence-corrected chi connectivity index (χ3v) is 5.69. The zero-order chi connectivity index (χ0) is 22.7. The number of methoxy groups -OCH3 is 2. The molecule has 32 heavy (non-hydrogen) atoms. The van der Waals surface area contributed by atoms with Crippen LogP contribution in [0.15, 0.2) is 36.4 Å². The van der Waals surface area contributed by atoms with Crippen molar-refractivity contribution < 1.29 is 18.7 Å². The number of ether oxygens (including phenoxy) is 2. The Morgan fingerprint density at radius 3 is 2.50 bits per heavy atom. The molecule has 3 aromatic rings. The zero-order valence-electron chi connectivity index (χ0n) is 17.9. The first-order valence-corrected chi connectivity index (χ1v) is 10.7. The quantitative estimate of drug-likeness (QED) is 0.514. The molecule has 0 spiro atoms. The van der Waals surface area contributed by atoms with Crippen molar-refractivity contribution in [1.29, 1.82) is 0 Å². The van der Waals surface area contributed by atoms with E-state index in [2.05, 4.69) is 20.5 Å². The van der Waals surface area contributed by atoms with Gasteiger partial charge in [0.05, 0.1) is 24.9 Å². The van der Waals surface area contributed by atoms with Gasteiger partial charge in [-0.2, -0.15) is 0 Å². The number of aromatic nitrogens is 1. The molecule has 0 unspecified atom stereocenters. The van der Waals surface area contributed by atoms with Gasteiger partial charge >= 0.3 is 6.03 Å². The van der Waals surface area contributed by atoms with Crippen molar-refractivity contribution >= 4 is 45.7 Å². The number of nitrogens with zero attached hydrogens (tertiary/aromatic N) is 2. The van der Waals surface area contributed by atoms with E-state index in [0.29, 0.717) is 33.3 Å². The van der Waals surface area contributed by atoms with Gasteiger partial charge in [0.1, 0.15) is 22.8 Å². The molecule has 168 valence electrons. The normalized spacial score (nSPS) is 13.7. The highest BCUT2D eigenvalue weighted by molar-refractivity contribution is 6.32. The molecule has 0 saturated carbocycles. The van der Waals surface area contributed by atoms with Crippen molar-refractivity contribution in [3.63, 3.8) is 0 Å². The second-order valence-corrected chi connectivity index (χ2v) is 7.92. The van der Waals surface area contributed by atoms with E-state index in [9.17, 15) is 9.18 Å². The minimum Gasteiger partial charge on any atom is -0.495 e. The average molecular weight is 459 g/mol. The van der Waals surface area contributed by atoms with E-state index >= 15 is 0 Å². The number of carbonyl (C=O) groups excluding carboxylic acids is 1. The Kier molecular flexibility index (Phi) is 6.50. The molecule has 2 aromatic carbocycles. The van der Waals surface area contributed by atoms with Crippen molar-refractivity contribution in [3.8, 4) is 11.5 Å². The number of halogens is 2. The largest absolute Gasteiger partial charge is 0.495 e. The van der Waals surface area contributed by atoms with Gasteiger partial charge < -0.3 is 25.0 Å². The average Bonchev–Trinajstić information content (AvgIpc) is 2.79. The van der Waals surface area contributed by atoms with Crippen LogP contribution in [0.3, 0.4) is 0 Å². The summed E-state index contributed by atoms with van der Waals surface area (Å²) in [4.78, 5) is 19.2. The Morgan fingerprint density at radius 1 is 1.03 bits per heavy atom. The molecule has 1 aromatic heterocycles. The van der Waals surface area contributed by atoms with Gasteiger partial charge in [-0.3, -0.25) is 0 Å². The predicted octanol–water partition coefficient (Wildman–Crippen LogP) is 5.68. The molecule has 1 aliphatic heterocycles. The lowest BCUT2D eigenvalue weighted by Crippen LogP contribution is -2.30. The first-order chi connectivity index (χ1) is 15.5. The summed E-state index contributed by atoms with van der Waals surface area (Å²) in [6, 6.07) is 9.17. The number of rotatable bonds is 5. The molecule has 2 heterocycles. The van der Waals surface area contributed by atoms with E-state index in [1.54, 1.807) is 12.1 Å². The molecule has 9 heteroatoms. The topological polar surface area (TPSA) is 75.7 Å². The van der Waals surface area contributed by atoms with E-state index in [-0.39, 0.29) is 5.52 Å².